The minimum Gasteiger partial charge on any atom is -0.493 e. The number of hydrogen-bond acceptors (Lipinski definition) is 8. The second-order valence-electron chi connectivity index (χ2n) is 9.68. The molecule has 2 amide bonds. The van der Waals surface area contributed by atoms with E-state index in [0.717, 1.165) is 45.5 Å². The fourth-order valence-corrected chi connectivity index (χ4v) is 5.94. The second kappa shape index (κ2) is 11.0. The van der Waals surface area contributed by atoms with Crippen molar-refractivity contribution in [3.8, 4) is 11.5 Å². The number of hydrogen-bond donors (Lipinski definition) is 1. The summed E-state index contributed by atoms with van der Waals surface area (Å²) in [5.74, 6) is 2.20. The van der Waals surface area contributed by atoms with Crippen molar-refractivity contribution in [2.24, 2.45) is 4.99 Å². The fraction of sp³-hybridized carbons (Fsp3) is 0.429. The summed E-state index contributed by atoms with van der Waals surface area (Å²) in [4.78, 5) is 22.9. The molecule has 1 N–H and O–H groups in total. The van der Waals surface area contributed by atoms with E-state index >= 15 is 0 Å². The number of carbonyl (C=O) groups is 1. The average Bonchev–Trinajstić information content (AvgIpc) is 3.41. The summed E-state index contributed by atoms with van der Waals surface area (Å²) in [6.45, 7) is 10.4. The van der Waals surface area contributed by atoms with Gasteiger partial charge in [-0.05, 0) is 68.5 Å². The third-order valence-corrected chi connectivity index (χ3v) is 7.74. The standard InChI is InChI=1S/C28H34N6O3S/c1-6-37-24-13-20-7-9-33-22(21(20)14-23(24)36-5)15-25(31-26-18(3)11-17(2)12-19(26)4)34(28(33)35)10-8-29-27-32-30-16-38-27/h11-14,16,22H,6-10,15H2,1-5H3,(H,29,32). The van der Waals surface area contributed by atoms with Crippen molar-refractivity contribution >= 4 is 34.0 Å². The third-order valence-electron chi connectivity index (χ3n) is 7.09. The molecule has 1 saturated heterocycles. The normalized spacial score (nSPS) is 17.9. The Bertz CT molecular complexity index is 1330. The maximum atomic E-state index is 14.0. The molecule has 0 spiro atoms. The van der Waals surface area contributed by atoms with Gasteiger partial charge < -0.3 is 19.7 Å². The number of methoxy groups -OCH3 is 1. The molecule has 38 heavy (non-hydrogen) atoms. The Morgan fingerprint density at radius 2 is 1.95 bits per heavy atom. The van der Waals surface area contributed by atoms with Crippen LogP contribution in [0.5, 0.6) is 11.5 Å². The van der Waals surface area contributed by atoms with E-state index in [1.54, 1.807) is 12.6 Å². The highest BCUT2D eigenvalue weighted by Crippen LogP contribution is 2.42. The predicted octanol–water partition coefficient (Wildman–Crippen LogP) is 5.44. The van der Waals surface area contributed by atoms with Gasteiger partial charge in [-0.1, -0.05) is 29.0 Å². The molecule has 1 atom stereocenters. The summed E-state index contributed by atoms with van der Waals surface area (Å²) < 4.78 is 11.5. The Labute approximate surface area is 227 Å². The van der Waals surface area contributed by atoms with Crippen molar-refractivity contribution in [2.45, 2.75) is 46.6 Å². The number of benzene rings is 2. The highest BCUT2D eigenvalue weighted by molar-refractivity contribution is 7.13. The number of nitrogens with one attached hydrogen (secondary N) is 1. The highest BCUT2D eigenvalue weighted by Gasteiger charge is 2.41. The summed E-state index contributed by atoms with van der Waals surface area (Å²) >= 11 is 1.44. The molecule has 1 fully saturated rings. The first-order valence-electron chi connectivity index (χ1n) is 13.0. The number of anilines is 1. The number of amidine groups is 1. The van der Waals surface area contributed by atoms with Gasteiger partial charge in [0.1, 0.15) is 11.3 Å². The molecule has 0 bridgehead atoms. The van der Waals surface area contributed by atoms with E-state index in [9.17, 15) is 4.79 Å². The Kier molecular flexibility index (Phi) is 7.51. The molecule has 10 heteroatoms. The maximum absolute atomic E-state index is 14.0. The second-order valence-corrected chi connectivity index (χ2v) is 10.5. The van der Waals surface area contributed by atoms with E-state index < -0.39 is 0 Å². The van der Waals surface area contributed by atoms with Crippen LogP contribution in [0.3, 0.4) is 0 Å². The van der Waals surface area contributed by atoms with Gasteiger partial charge >= 0.3 is 6.03 Å². The zero-order chi connectivity index (χ0) is 26.8. The molecule has 200 valence electrons. The van der Waals surface area contributed by atoms with Crippen molar-refractivity contribution in [2.75, 3.05) is 38.7 Å². The van der Waals surface area contributed by atoms with Crippen LogP contribution < -0.4 is 14.8 Å². The van der Waals surface area contributed by atoms with Crippen LogP contribution in [0, 0.1) is 20.8 Å². The Hall–Kier alpha value is -3.66. The number of aliphatic imine (C=N–C) groups is 1. The van der Waals surface area contributed by atoms with Crippen LogP contribution >= 0.6 is 11.3 Å². The lowest BCUT2D eigenvalue weighted by Gasteiger charge is -2.45. The van der Waals surface area contributed by atoms with Crippen LogP contribution in [0.1, 0.15) is 47.2 Å². The lowest BCUT2D eigenvalue weighted by molar-refractivity contribution is 0.136. The van der Waals surface area contributed by atoms with Crippen molar-refractivity contribution in [3.63, 3.8) is 0 Å². The van der Waals surface area contributed by atoms with Crippen LogP contribution in [-0.2, 0) is 6.42 Å². The molecule has 2 aliphatic heterocycles. The largest absolute Gasteiger partial charge is 0.493 e. The topological polar surface area (TPSA) is 92.2 Å². The van der Waals surface area contributed by atoms with E-state index in [2.05, 4.69) is 54.5 Å². The first-order valence-corrected chi connectivity index (χ1v) is 13.8. The van der Waals surface area contributed by atoms with E-state index in [-0.39, 0.29) is 12.1 Å². The smallest absolute Gasteiger partial charge is 0.326 e. The van der Waals surface area contributed by atoms with E-state index in [0.29, 0.717) is 38.4 Å². The van der Waals surface area contributed by atoms with Crippen LogP contribution in [-0.4, -0.2) is 65.2 Å². The predicted molar refractivity (Wildman–Crippen MR) is 150 cm³/mol. The molecule has 1 aromatic heterocycles. The van der Waals surface area contributed by atoms with Crippen molar-refractivity contribution in [3.05, 3.63) is 57.6 Å². The van der Waals surface area contributed by atoms with E-state index in [1.165, 1.54) is 22.5 Å². The van der Waals surface area contributed by atoms with Gasteiger partial charge in [0.25, 0.3) is 0 Å². The maximum Gasteiger partial charge on any atom is 0.326 e. The Balaban J connectivity index is 1.52. The molecular formula is C28H34N6O3S. The van der Waals surface area contributed by atoms with Crippen molar-refractivity contribution in [1.82, 2.24) is 20.0 Å². The minimum atomic E-state index is -0.118. The quantitative estimate of drug-likeness (QED) is 0.414. The van der Waals surface area contributed by atoms with Gasteiger partial charge in [0.2, 0.25) is 5.13 Å². The van der Waals surface area contributed by atoms with Crippen LogP contribution in [0.25, 0.3) is 0 Å². The first kappa shape index (κ1) is 26.0. The molecular weight excluding hydrogens is 500 g/mol. The Morgan fingerprint density at radius 3 is 2.63 bits per heavy atom. The van der Waals surface area contributed by atoms with E-state index in [1.807, 2.05) is 22.8 Å². The molecule has 9 nitrogen and oxygen atoms in total. The number of nitrogens with zero attached hydrogens (tertiary/aromatic N) is 5. The minimum absolute atomic E-state index is 0.0278. The zero-order valence-electron chi connectivity index (χ0n) is 22.6. The highest BCUT2D eigenvalue weighted by atomic mass is 32.1. The fourth-order valence-electron chi connectivity index (χ4n) is 5.47. The lowest BCUT2D eigenvalue weighted by Crippen LogP contribution is -2.56. The van der Waals surface area contributed by atoms with Crippen molar-refractivity contribution in [1.29, 1.82) is 0 Å². The summed E-state index contributed by atoms with van der Waals surface area (Å²) in [6, 6.07) is 8.24. The van der Waals surface area contributed by atoms with Crippen LogP contribution in [0.15, 0.2) is 34.8 Å². The van der Waals surface area contributed by atoms with E-state index in [4.69, 9.17) is 14.5 Å². The average molecular weight is 535 g/mol. The summed E-state index contributed by atoms with van der Waals surface area (Å²) in [5, 5.41) is 11.9. The molecule has 0 radical (unpaired) electrons. The van der Waals surface area contributed by atoms with Gasteiger partial charge in [-0.2, -0.15) is 0 Å². The number of aromatic nitrogens is 2. The number of fused-ring (bicyclic) bond motifs is 3. The number of ether oxygens (including phenoxy) is 2. The molecule has 3 heterocycles. The molecule has 3 aromatic rings. The number of rotatable bonds is 8. The molecule has 0 aliphatic carbocycles. The summed E-state index contributed by atoms with van der Waals surface area (Å²) in [5.41, 5.74) is 8.30. The van der Waals surface area contributed by atoms with Gasteiger partial charge in [0, 0.05) is 26.1 Å². The van der Waals surface area contributed by atoms with Gasteiger partial charge in [0.15, 0.2) is 11.5 Å². The van der Waals surface area contributed by atoms with Gasteiger partial charge in [-0.25, -0.2) is 9.79 Å². The lowest BCUT2D eigenvalue weighted by atomic mass is 9.88. The van der Waals surface area contributed by atoms with Gasteiger partial charge in [-0.3, -0.25) is 4.90 Å². The van der Waals surface area contributed by atoms with Gasteiger partial charge in [0.05, 0.1) is 25.4 Å². The van der Waals surface area contributed by atoms with Crippen molar-refractivity contribution < 1.29 is 14.3 Å². The third kappa shape index (κ3) is 5.05. The first-order chi connectivity index (χ1) is 18.4. The number of aryl methyl sites for hydroxylation is 3. The number of amides is 2. The number of carbonyl (C=O) groups excluding carboxylic acids is 1. The molecule has 2 aliphatic rings. The molecule has 5 rings (SSSR count). The van der Waals surface area contributed by atoms with Crippen LogP contribution in [0.2, 0.25) is 0 Å². The molecule has 1 unspecified atom stereocenters. The zero-order valence-corrected chi connectivity index (χ0v) is 23.4. The summed E-state index contributed by atoms with van der Waals surface area (Å²) in [6.07, 6.45) is 1.38. The number of urea groups is 1. The SMILES string of the molecule is CCOc1cc2c(cc1OC)C1CC(=Nc3c(C)cc(C)cc3C)N(CCNc3nncs3)C(=O)N1CC2. The van der Waals surface area contributed by atoms with Crippen LogP contribution in [0.4, 0.5) is 15.6 Å². The molecule has 2 aromatic carbocycles. The monoisotopic (exact) mass is 534 g/mol. The van der Waals surface area contributed by atoms with Gasteiger partial charge in [-0.15, -0.1) is 10.2 Å². The Morgan fingerprint density at radius 1 is 1.16 bits per heavy atom. The molecule has 0 saturated carbocycles. The summed E-state index contributed by atoms with van der Waals surface area (Å²) in [7, 11) is 1.65.